The van der Waals surface area contributed by atoms with Crippen molar-refractivity contribution in [2.24, 2.45) is 0 Å². The van der Waals surface area contributed by atoms with Crippen LogP contribution in [0.3, 0.4) is 0 Å². The molecule has 0 aromatic rings. The molecule has 1 aliphatic rings. The highest BCUT2D eigenvalue weighted by atomic mass is 15.1. The Bertz CT molecular complexity index is 100. The van der Waals surface area contributed by atoms with E-state index in [0.29, 0.717) is 6.04 Å². The summed E-state index contributed by atoms with van der Waals surface area (Å²) in [6.45, 7) is 5.92. The molecule has 0 amide bonds. The Morgan fingerprint density at radius 1 is 1.17 bits per heavy atom. The van der Waals surface area contributed by atoms with Crippen molar-refractivity contribution in [3.63, 3.8) is 0 Å². The second-order valence-electron chi connectivity index (χ2n) is 3.95. The van der Waals surface area contributed by atoms with Crippen LogP contribution in [0.15, 0.2) is 0 Å². The van der Waals surface area contributed by atoms with Crippen LogP contribution >= 0.6 is 0 Å². The lowest BCUT2D eigenvalue weighted by atomic mass is 10.1. The zero-order valence-corrected chi connectivity index (χ0v) is 8.47. The lowest BCUT2D eigenvalue weighted by Crippen LogP contribution is -2.39. The number of rotatable bonds is 0. The van der Waals surface area contributed by atoms with Gasteiger partial charge in [-0.2, -0.15) is 0 Å². The number of hydrogen-bond acceptors (Lipinski definition) is 2. The van der Waals surface area contributed by atoms with E-state index < -0.39 is 0 Å². The molecule has 1 rings (SSSR count). The molecule has 2 heteroatoms. The van der Waals surface area contributed by atoms with Gasteiger partial charge in [-0.1, -0.05) is 12.8 Å². The summed E-state index contributed by atoms with van der Waals surface area (Å²) >= 11 is 0. The van der Waals surface area contributed by atoms with Crippen LogP contribution < -0.4 is 5.32 Å². The van der Waals surface area contributed by atoms with Gasteiger partial charge >= 0.3 is 0 Å². The molecule has 0 unspecified atom stereocenters. The Hall–Kier alpha value is -0.0800. The van der Waals surface area contributed by atoms with Gasteiger partial charge in [-0.3, -0.25) is 0 Å². The molecule has 0 bridgehead atoms. The molecular weight excluding hydrogens is 148 g/mol. The highest BCUT2D eigenvalue weighted by Gasteiger charge is 2.08. The quantitative estimate of drug-likeness (QED) is 0.592. The van der Waals surface area contributed by atoms with Crippen molar-refractivity contribution in [2.75, 3.05) is 26.7 Å². The van der Waals surface area contributed by atoms with Crippen LogP contribution in [0.25, 0.3) is 0 Å². The minimum absolute atomic E-state index is 0.697. The van der Waals surface area contributed by atoms with Gasteiger partial charge in [0, 0.05) is 12.6 Å². The highest BCUT2D eigenvalue weighted by Crippen LogP contribution is 2.04. The molecule has 1 fully saturated rings. The average Bonchev–Trinajstić information content (AvgIpc) is 2.08. The van der Waals surface area contributed by atoms with Gasteiger partial charge in [0.05, 0.1) is 0 Å². The topological polar surface area (TPSA) is 15.3 Å². The van der Waals surface area contributed by atoms with Crippen LogP contribution in [-0.2, 0) is 0 Å². The third-order valence-corrected chi connectivity index (χ3v) is 2.81. The van der Waals surface area contributed by atoms with Gasteiger partial charge in [-0.25, -0.2) is 0 Å². The van der Waals surface area contributed by atoms with Crippen molar-refractivity contribution in [1.29, 1.82) is 0 Å². The molecule has 12 heavy (non-hydrogen) atoms. The molecule has 1 N–H and O–H groups in total. The summed E-state index contributed by atoms with van der Waals surface area (Å²) in [5, 5.41) is 3.49. The number of hydrogen-bond donors (Lipinski definition) is 1. The standard InChI is InChI=1S/C10H22N2/c1-10-9-11-7-5-3-4-6-8-12(10)2/h10-11H,3-9H2,1-2H3/t10-/m0/s1. The molecular formula is C10H22N2. The van der Waals surface area contributed by atoms with E-state index in [1.165, 1.54) is 38.8 Å². The van der Waals surface area contributed by atoms with Gasteiger partial charge in [-0.15, -0.1) is 0 Å². The summed E-state index contributed by atoms with van der Waals surface area (Å²) < 4.78 is 0. The highest BCUT2D eigenvalue weighted by molar-refractivity contribution is 4.67. The van der Waals surface area contributed by atoms with Gasteiger partial charge in [-0.05, 0) is 39.9 Å². The third kappa shape index (κ3) is 3.55. The maximum Gasteiger partial charge on any atom is 0.0189 e. The summed E-state index contributed by atoms with van der Waals surface area (Å²) in [5.41, 5.74) is 0. The molecule has 0 aliphatic carbocycles. The van der Waals surface area contributed by atoms with E-state index in [0.717, 1.165) is 6.54 Å². The Morgan fingerprint density at radius 3 is 2.75 bits per heavy atom. The van der Waals surface area contributed by atoms with E-state index in [4.69, 9.17) is 0 Å². The summed E-state index contributed by atoms with van der Waals surface area (Å²) in [6.07, 6.45) is 5.53. The van der Waals surface area contributed by atoms with Crippen molar-refractivity contribution in [1.82, 2.24) is 10.2 Å². The molecule has 1 atom stereocenters. The zero-order chi connectivity index (χ0) is 8.81. The van der Waals surface area contributed by atoms with Crippen LogP contribution in [0.1, 0.15) is 32.6 Å². The lowest BCUT2D eigenvalue weighted by molar-refractivity contribution is 0.240. The molecule has 0 spiro atoms. The number of nitrogens with zero attached hydrogens (tertiary/aromatic N) is 1. The Kier molecular flexibility index (Phi) is 4.62. The van der Waals surface area contributed by atoms with E-state index in [-0.39, 0.29) is 0 Å². The van der Waals surface area contributed by atoms with Crippen LogP contribution in [-0.4, -0.2) is 37.6 Å². The van der Waals surface area contributed by atoms with Crippen LogP contribution in [0.5, 0.6) is 0 Å². The van der Waals surface area contributed by atoms with E-state index in [1.807, 2.05) is 0 Å². The average molecular weight is 170 g/mol. The largest absolute Gasteiger partial charge is 0.315 e. The van der Waals surface area contributed by atoms with Crippen molar-refractivity contribution >= 4 is 0 Å². The van der Waals surface area contributed by atoms with Gasteiger partial charge in [0.25, 0.3) is 0 Å². The molecule has 2 nitrogen and oxygen atoms in total. The molecule has 1 saturated heterocycles. The molecule has 1 heterocycles. The number of nitrogens with one attached hydrogen (secondary N) is 1. The van der Waals surface area contributed by atoms with Gasteiger partial charge in [0.1, 0.15) is 0 Å². The number of likely N-dealkylation sites (N-methyl/N-ethyl adjacent to an activating group) is 1. The van der Waals surface area contributed by atoms with E-state index in [2.05, 4.69) is 24.2 Å². The Morgan fingerprint density at radius 2 is 1.92 bits per heavy atom. The third-order valence-electron chi connectivity index (χ3n) is 2.81. The predicted molar refractivity (Wildman–Crippen MR) is 53.4 cm³/mol. The SMILES string of the molecule is C[C@H]1CNCCCCCCN1C. The van der Waals surface area contributed by atoms with Crippen LogP contribution in [0.4, 0.5) is 0 Å². The fraction of sp³-hybridized carbons (Fsp3) is 1.00. The molecule has 72 valence electrons. The normalized spacial score (nSPS) is 30.0. The lowest BCUT2D eigenvalue weighted by Gasteiger charge is -2.26. The fourth-order valence-electron chi connectivity index (χ4n) is 1.65. The van der Waals surface area contributed by atoms with E-state index >= 15 is 0 Å². The summed E-state index contributed by atoms with van der Waals surface area (Å²) in [7, 11) is 2.23. The maximum absolute atomic E-state index is 3.49. The monoisotopic (exact) mass is 170 g/mol. The van der Waals surface area contributed by atoms with E-state index in [1.54, 1.807) is 0 Å². The fourth-order valence-corrected chi connectivity index (χ4v) is 1.65. The van der Waals surface area contributed by atoms with Crippen LogP contribution in [0.2, 0.25) is 0 Å². The molecule has 1 aliphatic heterocycles. The first-order chi connectivity index (χ1) is 5.80. The summed E-state index contributed by atoms with van der Waals surface area (Å²) in [5.74, 6) is 0. The first-order valence-corrected chi connectivity index (χ1v) is 5.21. The minimum Gasteiger partial charge on any atom is -0.315 e. The summed E-state index contributed by atoms with van der Waals surface area (Å²) in [4.78, 5) is 2.46. The van der Waals surface area contributed by atoms with Crippen LogP contribution in [0, 0.1) is 0 Å². The van der Waals surface area contributed by atoms with Gasteiger partial charge in [0.15, 0.2) is 0 Å². The summed E-state index contributed by atoms with van der Waals surface area (Å²) in [6, 6.07) is 0.697. The first-order valence-electron chi connectivity index (χ1n) is 5.21. The Balaban J connectivity index is 2.26. The second-order valence-corrected chi connectivity index (χ2v) is 3.95. The zero-order valence-electron chi connectivity index (χ0n) is 8.47. The van der Waals surface area contributed by atoms with Gasteiger partial charge in [0.2, 0.25) is 0 Å². The molecule has 0 aromatic carbocycles. The molecule has 0 saturated carbocycles. The van der Waals surface area contributed by atoms with Crippen molar-refractivity contribution in [3.8, 4) is 0 Å². The van der Waals surface area contributed by atoms with Crippen molar-refractivity contribution in [2.45, 2.75) is 38.6 Å². The minimum atomic E-state index is 0.697. The van der Waals surface area contributed by atoms with Crippen molar-refractivity contribution in [3.05, 3.63) is 0 Å². The van der Waals surface area contributed by atoms with Crippen molar-refractivity contribution < 1.29 is 0 Å². The second kappa shape index (κ2) is 5.55. The van der Waals surface area contributed by atoms with E-state index in [9.17, 15) is 0 Å². The molecule has 0 aromatic heterocycles. The first kappa shape index (κ1) is 10.0. The predicted octanol–water partition coefficient (Wildman–Crippen LogP) is 1.47. The maximum atomic E-state index is 3.49. The Labute approximate surface area is 76.3 Å². The van der Waals surface area contributed by atoms with Gasteiger partial charge < -0.3 is 10.2 Å². The molecule has 0 radical (unpaired) electrons. The smallest absolute Gasteiger partial charge is 0.0189 e.